The fraction of sp³-hybridized carbons (Fsp3) is 0.429. The van der Waals surface area contributed by atoms with Crippen LogP contribution in [0.2, 0.25) is 0 Å². The molecule has 0 radical (unpaired) electrons. The molecule has 19 nitrogen and oxygen atoms in total. The molecule has 5 rings (SSSR count). The summed E-state index contributed by atoms with van der Waals surface area (Å²) in [6, 6.07) is 6.18. The summed E-state index contributed by atoms with van der Waals surface area (Å²) < 4.78 is 97.6. The molecule has 68 heavy (non-hydrogen) atoms. The van der Waals surface area contributed by atoms with Gasteiger partial charge in [-0.3, -0.25) is 19.6 Å². The summed E-state index contributed by atoms with van der Waals surface area (Å²) in [5, 5.41) is 20.9. The van der Waals surface area contributed by atoms with Crippen molar-refractivity contribution >= 4 is 90.4 Å². The fourth-order valence-electron chi connectivity index (χ4n) is 6.82. The number of alkyl halides is 6. The summed E-state index contributed by atoms with van der Waals surface area (Å²) in [5.41, 5.74) is 12.6. The highest BCUT2D eigenvalue weighted by Gasteiger charge is 2.35. The number of unbranched alkanes of at least 4 members (excludes halogenated alkanes) is 2. The van der Waals surface area contributed by atoms with Crippen molar-refractivity contribution in [1.82, 2.24) is 10.6 Å². The van der Waals surface area contributed by atoms with E-state index in [1.807, 2.05) is 22.6 Å². The first-order valence-electron chi connectivity index (χ1n) is 21.3. The summed E-state index contributed by atoms with van der Waals surface area (Å²) in [6.07, 6.45) is -8.31. The van der Waals surface area contributed by atoms with E-state index in [1.165, 1.54) is 24.3 Å². The number of carbonyl (C=O) groups is 4. The van der Waals surface area contributed by atoms with Crippen LogP contribution in [0.5, 0.6) is 11.5 Å². The first kappa shape index (κ1) is 52.7. The Kier molecular flexibility index (Phi) is 19.1. The van der Waals surface area contributed by atoms with Gasteiger partial charge in [-0.1, -0.05) is 0 Å². The number of amidine groups is 1. The predicted molar refractivity (Wildman–Crippen MR) is 255 cm³/mol. The van der Waals surface area contributed by atoms with Crippen LogP contribution in [0.15, 0.2) is 58.5 Å². The van der Waals surface area contributed by atoms with E-state index in [0.29, 0.717) is 87.2 Å². The maximum atomic E-state index is 14.2. The first-order chi connectivity index (χ1) is 32.2. The quantitative estimate of drug-likeness (QED) is 0.0141. The highest BCUT2D eigenvalue weighted by Crippen LogP contribution is 2.43. The molecule has 0 spiro atoms. The number of urea groups is 2. The van der Waals surface area contributed by atoms with Crippen LogP contribution < -0.4 is 69.2 Å². The average molecular weight is 1080 g/mol. The van der Waals surface area contributed by atoms with Crippen LogP contribution in [0.4, 0.5) is 70.1 Å². The molecular weight excluding hydrogens is 1020 g/mol. The number of benzene rings is 3. The summed E-state index contributed by atoms with van der Waals surface area (Å²) in [7, 11) is 0. The lowest BCUT2D eigenvalue weighted by atomic mass is 10.1. The van der Waals surface area contributed by atoms with Crippen molar-refractivity contribution in [2.45, 2.75) is 75.9 Å². The van der Waals surface area contributed by atoms with Crippen molar-refractivity contribution < 1.29 is 55.0 Å². The zero-order valence-corrected chi connectivity index (χ0v) is 38.6. The number of ether oxygens (including phenoxy) is 2. The largest absolute Gasteiger partial charge is 0.485 e. The number of nitrogens with two attached hydrogens (primary N) is 3. The van der Waals surface area contributed by atoms with Gasteiger partial charge in [-0.05, 0) is 123 Å². The SMILES string of the molecule is NC(N)=NCCCCC(=O)Nc1cc(C(F)(F)F)cc(NC(=O)Nc2ccc(NC(=O)Nc3cc(C(F)(F)F)cc(NC(=O)CCCCN=C(N)I)c3OC3CCNC3)cc2)c1OC1CCNC1. The molecule has 2 heterocycles. The zero-order chi connectivity index (χ0) is 49.4. The van der Waals surface area contributed by atoms with Gasteiger partial charge in [0.05, 0.1) is 33.9 Å². The number of aliphatic imine (C=N–C) groups is 2. The highest BCUT2D eigenvalue weighted by atomic mass is 127. The van der Waals surface area contributed by atoms with Crippen molar-refractivity contribution in [3.8, 4) is 11.5 Å². The smallest absolute Gasteiger partial charge is 0.416 e. The maximum Gasteiger partial charge on any atom is 0.416 e. The number of hydrogen-bond donors (Lipinski definition) is 11. The lowest BCUT2D eigenvalue weighted by Crippen LogP contribution is -2.25. The summed E-state index contributed by atoms with van der Waals surface area (Å²) in [4.78, 5) is 60.4. The summed E-state index contributed by atoms with van der Waals surface area (Å²) in [5.74, 6) is -1.73. The number of guanidine groups is 1. The van der Waals surface area contributed by atoms with E-state index in [0.717, 1.165) is 12.1 Å². The van der Waals surface area contributed by atoms with Crippen molar-refractivity contribution in [1.29, 1.82) is 0 Å². The Balaban J connectivity index is 1.30. The van der Waals surface area contributed by atoms with Gasteiger partial charge in [-0.25, -0.2) is 9.59 Å². The molecule has 26 heteroatoms. The molecule has 2 fully saturated rings. The molecule has 2 aliphatic rings. The minimum Gasteiger partial charge on any atom is -0.485 e. The molecule has 0 bridgehead atoms. The average Bonchev–Trinajstić information content (AvgIpc) is 3.97. The standard InChI is InChI=1S/C42H52F6IN13O6/c43-41(44,45)23-17-29(59-33(63)5-1-3-13-55-37(49)50)35(67-27-11-15-53-21-27)31(19-23)61-39(65)57-25-7-9-26(10-8-25)58-40(66)62-32-20-24(42(46,47)48)18-30(36(32)68-28-12-16-54-22-28)60-34(64)6-2-4-14-56-38(51)52/h7-10,17-20,27-28,53-54H,1-6,11-16,21-22H2,(H2,50,55)(H,59,63)(H,60,64)(H4,51,52,56)(H2,57,61,65)(H2,58,62,66). The molecule has 2 saturated heterocycles. The van der Waals surface area contributed by atoms with Gasteiger partial charge in [0.15, 0.2) is 21.3 Å². The maximum absolute atomic E-state index is 14.2. The summed E-state index contributed by atoms with van der Waals surface area (Å²) >= 11 is 1.84. The minimum atomic E-state index is -4.89. The van der Waals surface area contributed by atoms with E-state index in [4.69, 9.17) is 26.7 Å². The van der Waals surface area contributed by atoms with E-state index in [9.17, 15) is 45.5 Å². The molecule has 2 atom stereocenters. The van der Waals surface area contributed by atoms with Gasteiger partial charge in [0.2, 0.25) is 11.8 Å². The monoisotopic (exact) mass is 1080 g/mol. The third kappa shape index (κ3) is 17.1. The molecule has 14 N–H and O–H groups in total. The molecule has 0 aliphatic carbocycles. The van der Waals surface area contributed by atoms with Crippen molar-refractivity contribution in [2.75, 3.05) is 71.2 Å². The zero-order valence-electron chi connectivity index (χ0n) is 36.4. The van der Waals surface area contributed by atoms with Crippen LogP contribution in [0.1, 0.15) is 62.5 Å². The Hall–Kier alpha value is -6.29. The summed E-state index contributed by atoms with van der Waals surface area (Å²) in [6.45, 7) is 2.44. The second-order valence-electron chi connectivity index (χ2n) is 15.5. The Morgan fingerprint density at radius 2 is 0.985 bits per heavy atom. The third-order valence-electron chi connectivity index (χ3n) is 10.1. The van der Waals surface area contributed by atoms with Gasteiger partial charge in [0.25, 0.3) is 0 Å². The molecule has 6 amide bonds. The van der Waals surface area contributed by atoms with E-state index >= 15 is 0 Å². The van der Waals surface area contributed by atoms with Gasteiger partial charge in [-0.2, -0.15) is 26.3 Å². The van der Waals surface area contributed by atoms with Crippen molar-refractivity contribution in [3.63, 3.8) is 0 Å². The van der Waals surface area contributed by atoms with Gasteiger partial charge in [0.1, 0.15) is 12.2 Å². The molecule has 0 aromatic heterocycles. The lowest BCUT2D eigenvalue weighted by molar-refractivity contribution is -0.138. The van der Waals surface area contributed by atoms with Crippen LogP contribution in [0, 0.1) is 0 Å². The topological polar surface area (TPSA) is 286 Å². The normalized spacial score (nSPS) is 16.1. The van der Waals surface area contributed by atoms with E-state index in [-0.39, 0.29) is 65.3 Å². The van der Waals surface area contributed by atoms with Crippen LogP contribution in [-0.2, 0) is 21.9 Å². The molecule has 3 aromatic carbocycles. The van der Waals surface area contributed by atoms with Crippen LogP contribution >= 0.6 is 22.6 Å². The molecule has 370 valence electrons. The van der Waals surface area contributed by atoms with Gasteiger partial charge in [-0.15, -0.1) is 0 Å². The molecule has 2 unspecified atom stereocenters. The molecule has 0 saturated carbocycles. The lowest BCUT2D eigenvalue weighted by Gasteiger charge is -2.22. The number of carbonyl (C=O) groups excluding carboxylic acids is 4. The van der Waals surface area contributed by atoms with E-state index in [1.54, 1.807) is 0 Å². The van der Waals surface area contributed by atoms with Crippen LogP contribution in [0.3, 0.4) is 0 Å². The predicted octanol–water partition coefficient (Wildman–Crippen LogP) is 6.73. The highest BCUT2D eigenvalue weighted by molar-refractivity contribution is 14.1. The Labute approximate surface area is 400 Å². The van der Waals surface area contributed by atoms with Crippen LogP contribution in [0.25, 0.3) is 0 Å². The second-order valence-corrected chi connectivity index (χ2v) is 16.6. The number of nitrogens with zero attached hydrogens (tertiary/aromatic N) is 2. The molecule has 2 aliphatic heterocycles. The Morgan fingerprint density at radius 1 is 0.603 bits per heavy atom. The number of halogens is 7. The Morgan fingerprint density at radius 3 is 1.32 bits per heavy atom. The van der Waals surface area contributed by atoms with E-state index < -0.39 is 65.3 Å². The third-order valence-corrected chi connectivity index (χ3v) is 10.4. The Bertz CT molecular complexity index is 2140. The van der Waals surface area contributed by atoms with Gasteiger partial charge >= 0.3 is 24.4 Å². The van der Waals surface area contributed by atoms with Crippen LogP contribution in [-0.4, -0.2) is 85.2 Å². The van der Waals surface area contributed by atoms with Gasteiger partial charge in [0, 0.05) is 50.4 Å². The fourth-order valence-corrected chi connectivity index (χ4v) is 7.06. The number of nitrogens with one attached hydrogen (secondary N) is 8. The minimum absolute atomic E-state index is 0.0438. The molecule has 3 aromatic rings. The number of amides is 6. The van der Waals surface area contributed by atoms with Gasteiger partial charge < -0.3 is 69.2 Å². The number of anilines is 6. The van der Waals surface area contributed by atoms with Crippen molar-refractivity contribution in [2.24, 2.45) is 27.2 Å². The first-order valence-corrected chi connectivity index (χ1v) is 22.4. The van der Waals surface area contributed by atoms with Crippen molar-refractivity contribution in [3.05, 3.63) is 59.7 Å². The number of hydrogen-bond acceptors (Lipinski definition) is 10. The number of rotatable bonds is 20. The molecular formula is C42H52F6IN13O6. The second kappa shape index (κ2) is 24.6. The van der Waals surface area contributed by atoms with E-state index in [2.05, 4.69) is 52.5 Å².